The van der Waals surface area contributed by atoms with Gasteiger partial charge in [0.25, 0.3) is 0 Å². The zero-order chi connectivity index (χ0) is 11.6. The quantitative estimate of drug-likeness (QED) is 0.857. The van der Waals surface area contributed by atoms with E-state index in [2.05, 4.69) is 4.72 Å². The first-order valence-corrected chi connectivity index (χ1v) is 6.73. The largest absolute Gasteiger partial charge is 0.213 e. The molecule has 0 saturated carbocycles. The molecule has 1 unspecified atom stereocenters. The maximum absolute atomic E-state index is 11.1. The number of benzene rings is 1. The summed E-state index contributed by atoms with van der Waals surface area (Å²) < 4.78 is 24.7. The molecule has 1 aromatic rings. The van der Waals surface area contributed by atoms with E-state index in [0.29, 0.717) is 0 Å². The third-order valence-electron chi connectivity index (χ3n) is 2.42. The van der Waals surface area contributed by atoms with Crippen molar-refractivity contribution in [1.29, 1.82) is 0 Å². The summed E-state index contributed by atoms with van der Waals surface area (Å²) >= 11 is 0. The molecular formula is C11H17NO2S. The fourth-order valence-electron chi connectivity index (χ4n) is 1.42. The van der Waals surface area contributed by atoms with Gasteiger partial charge in [-0.1, -0.05) is 18.2 Å². The minimum Gasteiger partial charge on any atom is -0.213 e. The van der Waals surface area contributed by atoms with Crippen LogP contribution in [-0.4, -0.2) is 14.7 Å². The second-order valence-electron chi connectivity index (χ2n) is 3.96. The van der Waals surface area contributed by atoms with Crippen LogP contribution in [0.3, 0.4) is 0 Å². The molecule has 0 radical (unpaired) electrons. The topological polar surface area (TPSA) is 46.2 Å². The van der Waals surface area contributed by atoms with Crippen LogP contribution in [-0.2, 0) is 10.0 Å². The zero-order valence-corrected chi connectivity index (χ0v) is 10.4. The summed E-state index contributed by atoms with van der Waals surface area (Å²) in [5.74, 6) is 0. The van der Waals surface area contributed by atoms with Crippen LogP contribution in [0.1, 0.15) is 29.7 Å². The Kier molecular flexibility index (Phi) is 3.52. The predicted octanol–water partition coefficient (Wildman–Crippen LogP) is 1.91. The summed E-state index contributed by atoms with van der Waals surface area (Å²) in [6.45, 7) is 5.89. The Labute approximate surface area is 91.6 Å². The van der Waals surface area contributed by atoms with Crippen LogP contribution in [0.5, 0.6) is 0 Å². The summed E-state index contributed by atoms with van der Waals surface area (Å²) in [7, 11) is -3.14. The molecule has 0 aliphatic heterocycles. The normalized spacial score (nSPS) is 13.9. The van der Waals surface area contributed by atoms with E-state index < -0.39 is 10.0 Å². The Morgan fingerprint density at radius 1 is 1.20 bits per heavy atom. The van der Waals surface area contributed by atoms with Crippen molar-refractivity contribution in [3.63, 3.8) is 0 Å². The van der Waals surface area contributed by atoms with Crippen LogP contribution in [0, 0.1) is 13.8 Å². The first-order valence-electron chi connectivity index (χ1n) is 4.84. The van der Waals surface area contributed by atoms with Crippen LogP contribution in [0.2, 0.25) is 0 Å². The smallest absolute Gasteiger partial charge is 0.209 e. The molecular weight excluding hydrogens is 210 g/mol. The SMILES string of the molecule is Cc1ccc(C(C)NS(C)(=O)=O)cc1C. The highest BCUT2D eigenvalue weighted by Gasteiger charge is 2.10. The molecule has 1 rings (SSSR count). The molecule has 15 heavy (non-hydrogen) atoms. The lowest BCUT2D eigenvalue weighted by molar-refractivity contribution is 0.573. The van der Waals surface area contributed by atoms with Gasteiger partial charge in [0.15, 0.2) is 0 Å². The Hall–Kier alpha value is -0.870. The van der Waals surface area contributed by atoms with Gasteiger partial charge in [-0.05, 0) is 37.5 Å². The summed E-state index contributed by atoms with van der Waals surface area (Å²) in [6.07, 6.45) is 1.17. The van der Waals surface area contributed by atoms with Gasteiger partial charge < -0.3 is 0 Å². The molecule has 1 atom stereocenters. The van der Waals surface area contributed by atoms with Gasteiger partial charge in [0.1, 0.15) is 0 Å². The highest BCUT2D eigenvalue weighted by atomic mass is 32.2. The number of sulfonamides is 1. The van der Waals surface area contributed by atoms with Gasteiger partial charge in [-0.15, -0.1) is 0 Å². The van der Waals surface area contributed by atoms with Gasteiger partial charge in [-0.3, -0.25) is 0 Å². The zero-order valence-electron chi connectivity index (χ0n) is 9.53. The molecule has 0 heterocycles. The molecule has 1 N–H and O–H groups in total. The summed E-state index contributed by atoms with van der Waals surface area (Å²) in [4.78, 5) is 0. The second kappa shape index (κ2) is 4.33. The van der Waals surface area contributed by atoms with E-state index in [0.717, 1.165) is 5.56 Å². The number of hydrogen-bond donors (Lipinski definition) is 1. The predicted molar refractivity (Wildman–Crippen MR) is 62.3 cm³/mol. The third-order valence-corrected chi connectivity index (χ3v) is 3.20. The highest BCUT2D eigenvalue weighted by Crippen LogP contribution is 2.17. The van der Waals surface area contributed by atoms with Gasteiger partial charge in [0, 0.05) is 6.04 Å². The molecule has 0 bridgehead atoms. The van der Waals surface area contributed by atoms with Crippen molar-refractivity contribution in [2.45, 2.75) is 26.8 Å². The standard InChI is InChI=1S/C11H17NO2S/c1-8-5-6-11(7-9(8)2)10(3)12-15(4,13)14/h5-7,10,12H,1-4H3. The molecule has 0 aliphatic carbocycles. The van der Waals surface area contributed by atoms with E-state index in [1.807, 2.05) is 39.0 Å². The molecule has 0 amide bonds. The van der Waals surface area contributed by atoms with Crippen molar-refractivity contribution in [2.24, 2.45) is 0 Å². The molecule has 4 heteroatoms. The number of aryl methyl sites for hydroxylation is 2. The van der Waals surface area contributed by atoms with E-state index >= 15 is 0 Å². The summed E-state index contributed by atoms with van der Waals surface area (Å²) in [5, 5.41) is 0. The maximum Gasteiger partial charge on any atom is 0.209 e. The van der Waals surface area contributed by atoms with Crippen molar-refractivity contribution in [2.75, 3.05) is 6.26 Å². The summed E-state index contributed by atoms with van der Waals surface area (Å²) in [5.41, 5.74) is 3.38. The molecule has 0 saturated heterocycles. The fraction of sp³-hybridized carbons (Fsp3) is 0.455. The average molecular weight is 227 g/mol. The fourth-order valence-corrected chi connectivity index (χ4v) is 2.20. The van der Waals surface area contributed by atoms with Gasteiger partial charge in [0.2, 0.25) is 10.0 Å². The molecule has 1 aromatic carbocycles. The first-order chi connectivity index (χ1) is 6.79. The second-order valence-corrected chi connectivity index (χ2v) is 5.74. The lowest BCUT2D eigenvalue weighted by atomic mass is 10.0. The minimum absolute atomic E-state index is 0.181. The van der Waals surface area contributed by atoms with Crippen molar-refractivity contribution in [3.8, 4) is 0 Å². The van der Waals surface area contributed by atoms with Gasteiger partial charge in [0.05, 0.1) is 6.26 Å². The molecule has 0 aliphatic rings. The maximum atomic E-state index is 11.1. The Bertz CT molecular complexity index is 452. The van der Waals surface area contributed by atoms with E-state index in [4.69, 9.17) is 0 Å². The van der Waals surface area contributed by atoms with Gasteiger partial charge >= 0.3 is 0 Å². The lowest BCUT2D eigenvalue weighted by Crippen LogP contribution is -2.25. The van der Waals surface area contributed by atoms with Gasteiger partial charge in [-0.25, -0.2) is 13.1 Å². The molecule has 84 valence electrons. The van der Waals surface area contributed by atoms with Crippen molar-refractivity contribution in [1.82, 2.24) is 4.72 Å². The van der Waals surface area contributed by atoms with Crippen LogP contribution in [0.15, 0.2) is 18.2 Å². The van der Waals surface area contributed by atoms with E-state index in [1.165, 1.54) is 17.4 Å². The third kappa shape index (κ3) is 3.64. The monoisotopic (exact) mass is 227 g/mol. The number of hydrogen-bond acceptors (Lipinski definition) is 2. The van der Waals surface area contributed by atoms with E-state index in [-0.39, 0.29) is 6.04 Å². The van der Waals surface area contributed by atoms with Crippen LogP contribution >= 0.6 is 0 Å². The van der Waals surface area contributed by atoms with Crippen molar-refractivity contribution in [3.05, 3.63) is 34.9 Å². The van der Waals surface area contributed by atoms with Crippen LogP contribution in [0.25, 0.3) is 0 Å². The molecule has 0 spiro atoms. The van der Waals surface area contributed by atoms with Crippen molar-refractivity contribution < 1.29 is 8.42 Å². The minimum atomic E-state index is -3.14. The van der Waals surface area contributed by atoms with Crippen LogP contribution < -0.4 is 4.72 Å². The lowest BCUT2D eigenvalue weighted by Gasteiger charge is -2.13. The highest BCUT2D eigenvalue weighted by molar-refractivity contribution is 7.88. The first kappa shape index (κ1) is 12.2. The van der Waals surface area contributed by atoms with Gasteiger partial charge in [-0.2, -0.15) is 0 Å². The Balaban J connectivity index is 2.92. The van der Waals surface area contributed by atoms with E-state index in [9.17, 15) is 8.42 Å². The molecule has 0 aromatic heterocycles. The summed E-state index contributed by atoms with van der Waals surface area (Å²) in [6, 6.07) is 5.79. The molecule has 3 nitrogen and oxygen atoms in total. The number of nitrogens with one attached hydrogen (secondary N) is 1. The average Bonchev–Trinajstić information content (AvgIpc) is 2.06. The van der Waals surface area contributed by atoms with Crippen LogP contribution in [0.4, 0.5) is 0 Å². The van der Waals surface area contributed by atoms with E-state index in [1.54, 1.807) is 0 Å². The van der Waals surface area contributed by atoms with Crippen molar-refractivity contribution >= 4 is 10.0 Å². The Morgan fingerprint density at radius 3 is 2.27 bits per heavy atom. The number of rotatable bonds is 3. The molecule has 0 fully saturated rings. The Morgan fingerprint density at radius 2 is 1.80 bits per heavy atom.